The van der Waals surface area contributed by atoms with Gasteiger partial charge in [0, 0.05) is 17.3 Å². The molecule has 1 heterocycles. The third kappa shape index (κ3) is 4.69. The molecule has 1 aromatic heterocycles. The summed E-state index contributed by atoms with van der Waals surface area (Å²) in [6, 6.07) is 7.87. The molecule has 0 bridgehead atoms. The maximum atomic E-state index is 12.4. The summed E-state index contributed by atoms with van der Waals surface area (Å²) in [6.45, 7) is 5.62. The summed E-state index contributed by atoms with van der Waals surface area (Å²) in [5, 5.41) is 6.08. The van der Waals surface area contributed by atoms with Gasteiger partial charge in [0.1, 0.15) is 5.69 Å². The minimum absolute atomic E-state index is 0.0903. The van der Waals surface area contributed by atoms with Crippen LogP contribution >= 0.6 is 23.2 Å². The van der Waals surface area contributed by atoms with E-state index in [4.69, 9.17) is 23.2 Å². The molecule has 126 valence electrons. The number of anilines is 1. The van der Waals surface area contributed by atoms with E-state index in [0.29, 0.717) is 21.3 Å². The first-order chi connectivity index (χ1) is 11.2. The number of benzene rings is 1. The zero-order valence-electron chi connectivity index (χ0n) is 13.5. The van der Waals surface area contributed by atoms with Crippen LogP contribution in [0.1, 0.15) is 41.6 Å². The minimum atomic E-state index is -0.504. The number of hydrogen-bond acceptors (Lipinski definition) is 3. The Kier molecular flexibility index (Phi) is 5.47. The van der Waals surface area contributed by atoms with Gasteiger partial charge in [-0.25, -0.2) is 0 Å². The van der Waals surface area contributed by atoms with E-state index >= 15 is 0 Å². The van der Waals surface area contributed by atoms with Gasteiger partial charge in [-0.05, 0) is 45.0 Å². The predicted octanol–water partition coefficient (Wildman–Crippen LogP) is 4.17. The summed E-state index contributed by atoms with van der Waals surface area (Å²) in [6.07, 6.45) is 1.40. The topological polar surface area (TPSA) is 71.1 Å². The molecule has 24 heavy (non-hydrogen) atoms. The first kappa shape index (κ1) is 18.2. The summed E-state index contributed by atoms with van der Waals surface area (Å²) in [5.41, 5.74) is 0.355. The molecule has 5 nitrogen and oxygen atoms in total. The number of amides is 2. The van der Waals surface area contributed by atoms with Crippen molar-refractivity contribution in [1.29, 1.82) is 0 Å². The molecular weight excluding hydrogens is 349 g/mol. The highest BCUT2D eigenvalue weighted by Gasteiger charge is 2.18. The van der Waals surface area contributed by atoms with Crippen molar-refractivity contribution in [3.8, 4) is 0 Å². The van der Waals surface area contributed by atoms with Gasteiger partial charge >= 0.3 is 0 Å². The molecule has 2 amide bonds. The highest BCUT2D eigenvalue weighted by Crippen LogP contribution is 2.30. The fraction of sp³-hybridized carbons (Fsp3) is 0.235. The van der Waals surface area contributed by atoms with Gasteiger partial charge in [0.25, 0.3) is 11.8 Å². The normalized spacial score (nSPS) is 11.0. The van der Waals surface area contributed by atoms with Crippen LogP contribution < -0.4 is 10.6 Å². The maximum absolute atomic E-state index is 12.4. The molecule has 0 saturated carbocycles. The van der Waals surface area contributed by atoms with E-state index in [-0.39, 0.29) is 17.1 Å². The van der Waals surface area contributed by atoms with Gasteiger partial charge in [0.15, 0.2) is 0 Å². The lowest BCUT2D eigenvalue weighted by atomic mass is 10.1. The molecule has 0 aliphatic carbocycles. The molecular formula is C17H17Cl2N3O2. The largest absolute Gasteiger partial charge is 0.347 e. The van der Waals surface area contributed by atoms with Gasteiger partial charge in [0.2, 0.25) is 0 Å². The number of pyridine rings is 1. The van der Waals surface area contributed by atoms with Crippen molar-refractivity contribution in [2.75, 3.05) is 5.32 Å². The van der Waals surface area contributed by atoms with Crippen molar-refractivity contribution >= 4 is 40.7 Å². The Morgan fingerprint density at radius 3 is 2.25 bits per heavy atom. The second-order valence-corrected chi connectivity index (χ2v) is 7.00. The van der Waals surface area contributed by atoms with E-state index in [1.807, 2.05) is 20.8 Å². The van der Waals surface area contributed by atoms with Crippen LogP contribution in [0.5, 0.6) is 0 Å². The van der Waals surface area contributed by atoms with Crippen LogP contribution in [0.3, 0.4) is 0 Å². The number of carbonyl (C=O) groups excluding carboxylic acids is 2. The van der Waals surface area contributed by atoms with Gasteiger partial charge in [-0.15, -0.1) is 0 Å². The molecule has 0 spiro atoms. The van der Waals surface area contributed by atoms with Gasteiger partial charge in [-0.2, -0.15) is 0 Å². The molecule has 0 saturated heterocycles. The van der Waals surface area contributed by atoms with Crippen LogP contribution in [0.15, 0.2) is 36.5 Å². The summed E-state index contributed by atoms with van der Waals surface area (Å²) in [5.74, 6) is -0.787. The summed E-state index contributed by atoms with van der Waals surface area (Å²) >= 11 is 12.1. The molecule has 7 heteroatoms. The fourth-order valence-corrected chi connectivity index (χ4v) is 2.40. The van der Waals surface area contributed by atoms with Gasteiger partial charge in [-0.1, -0.05) is 29.3 Å². The average molecular weight is 366 g/mol. The molecule has 0 aliphatic heterocycles. The highest BCUT2D eigenvalue weighted by molar-refractivity contribution is 6.40. The Hall–Kier alpha value is -2.11. The van der Waals surface area contributed by atoms with E-state index in [2.05, 4.69) is 15.6 Å². The molecule has 0 radical (unpaired) electrons. The molecule has 0 fully saturated rings. The Morgan fingerprint density at radius 1 is 1.04 bits per heavy atom. The third-order valence-electron chi connectivity index (χ3n) is 2.94. The van der Waals surface area contributed by atoms with E-state index < -0.39 is 5.91 Å². The molecule has 0 aliphatic rings. The fourth-order valence-electron chi connectivity index (χ4n) is 1.90. The van der Waals surface area contributed by atoms with Crippen molar-refractivity contribution in [2.45, 2.75) is 26.3 Å². The Bertz CT molecular complexity index is 765. The number of halogens is 2. The molecule has 2 N–H and O–H groups in total. The number of nitrogens with one attached hydrogen (secondary N) is 2. The van der Waals surface area contributed by atoms with Crippen molar-refractivity contribution in [2.24, 2.45) is 0 Å². The monoisotopic (exact) mass is 365 g/mol. The average Bonchev–Trinajstić information content (AvgIpc) is 2.49. The quantitative estimate of drug-likeness (QED) is 0.857. The summed E-state index contributed by atoms with van der Waals surface area (Å²) in [7, 11) is 0. The number of nitrogens with zero attached hydrogens (tertiary/aromatic N) is 1. The molecule has 0 unspecified atom stereocenters. The van der Waals surface area contributed by atoms with Crippen LogP contribution in [0, 0.1) is 0 Å². The number of para-hydroxylation sites is 1. The molecule has 0 atom stereocenters. The Balaban J connectivity index is 2.22. The van der Waals surface area contributed by atoms with Crippen molar-refractivity contribution < 1.29 is 9.59 Å². The van der Waals surface area contributed by atoms with Crippen LogP contribution in [0.25, 0.3) is 0 Å². The molecule has 2 rings (SSSR count). The summed E-state index contributed by atoms with van der Waals surface area (Å²) in [4.78, 5) is 28.5. The Morgan fingerprint density at radius 2 is 1.67 bits per heavy atom. The van der Waals surface area contributed by atoms with Crippen molar-refractivity contribution in [3.63, 3.8) is 0 Å². The number of rotatable bonds is 3. The third-order valence-corrected chi connectivity index (χ3v) is 3.57. The SMILES string of the molecule is CC(C)(C)NC(=O)c1ccnc(C(=O)Nc2c(Cl)cccc2Cl)c1. The second-order valence-electron chi connectivity index (χ2n) is 6.18. The van der Waals surface area contributed by atoms with Crippen molar-refractivity contribution in [3.05, 3.63) is 57.8 Å². The van der Waals surface area contributed by atoms with Gasteiger partial charge in [0.05, 0.1) is 15.7 Å². The lowest BCUT2D eigenvalue weighted by molar-refractivity contribution is 0.0919. The zero-order chi connectivity index (χ0) is 17.9. The standard InChI is InChI=1S/C17H17Cl2N3O2/c1-17(2,3)22-15(23)10-7-8-20-13(9-10)16(24)21-14-11(18)5-4-6-12(14)19/h4-9H,1-3H3,(H,21,24)(H,22,23). The number of aromatic nitrogens is 1. The highest BCUT2D eigenvalue weighted by atomic mass is 35.5. The maximum Gasteiger partial charge on any atom is 0.274 e. The number of carbonyl (C=O) groups is 2. The zero-order valence-corrected chi connectivity index (χ0v) is 15.0. The predicted molar refractivity (Wildman–Crippen MR) is 95.9 cm³/mol. The lowest BCUT2D eigenvalue weighted by Gasteiger charge is -2.20. The van der Waals surface area contributed by atoms with Crippen molar-refractivity contribution in [1.82, 2.24) is 10.3 Å². The van der Waals surface area contributed by atoms with Gasteiger partial charge < -0.3 is 10.6 Å². The van der Waals surface area contributed by atoms with Crippen LogP contribution in [0.4, 0.5) is 5.69 Å². The van der Waals surface area contributed by atoms with E-state index in [9.17, 15) is 9.59 Å². The van der Waals surface area contributed by atoms with Crippen LogP contribution in [-0.4, -0.2) is 22.3 Å². The first-order valence-electron chi connectivity index (χ1n) is 7.21. The smallest absolute Gasteiger partial charge is 0.274 e. The summed E-state index contributed by atoms with van der Waals surface area (Å²) < 4.78 is 0. The molecule has 1 aromatic carbocycles. The number of hydrogen-bond donors (Lipinski definition) is 2. The van der Waals surface area contributed by atoms with Crippen LogP contribution in [-0.2, 0) is 0 Å². The Labute approximate surface area is 150 Å². The molecule has 2 aromatic rings. The van der Waals surface area contributed by atoms with E-state index in [1.165, 1.54) is 12.3 Å². The van der Waals surface area contributed by atoms with Gasteiger partial charge in [-0.3, -0.25) is 14.6 Å². The van der Waals surface area contributed by atoms with E-state index in [0.717, 1.165) is 0 Å². The first-order valence-corrected chi connectivity index (χ1v) is 7.97. The van der Waals surface area contributed by atoms with E-state index in [1.54, 1.807) is 24.3 Å². The minimum Gasteiger partial charge on any atom is -0.347 e. The van der Waals surface area contributed by atoms with Crippen LogP contribution in [0.2, 0.25) is 10.0 Å². The lowest BCUT2D eigenvalue weighted by Crippen LogP contribution is -2.40. The second kappa shape index (κ2) is 7.20.